The largest absolute Gasteiger partial charge is 0.459 e. The Balaban J connectivity index is 1.84. The van der Waals surface area contributed by atoms with Crippen molar-refractivity contribution in [3.05, 3.63) is 35.9 Å². The van der Waals surface area contributed by atoms with Crippen LogP contribution in [0.1, 0.15) is 29.6 Å². The van der Waals surface area contributed by atoms with Crippen LogP contribution in [0.3, 0.4) is 0 Å². The van der Waals surface area contributed by atoms with E-state index in [-0.39, 0.29) is 12.1 Å². The highest BCUT2D eigenvalue weighted by atomic mass is 16.6. The molecular formula is C15H21NO3. The number of hydrogen-bond acceptors (Lipinski definition) is 4. The van der Waals surface area contributed by atoms with E-state index < -0.39 is 0 Å². The Hall–Kier alpha value is -1.39. The molecule has 1 heterocycles. The van der Waals surface area contributed by atoms with E-state index in [9.17, 15) is 4.79 Å². The van der Waals surface area contributed by atoms with Gasteiger partial charge in [-0.1, -0.05) is 18.2 Å². The van der Waals surface area contributed by atoms with Gasteiger partial charge in [-0.2, -0.15) is 0 Å². The van der Waals surface area contributed by atoms with E-state index in [2.05, 4.69) is 5.32 Å². The highest BCUT2D eigenvalue weighted by molar-refractivity contribution is 5.89. The zero-order valence-electron chi connectivity index (χ0n) is 11.3. The maximum Gasteiger partial charge on any atom is 0.338 e. The van der Waals surface area contributed by atoms with Crippen LogP contribution in [-0.2, 0) is 9.47 Å². The first-order chi connectivity index (χ1) is 9.29. The third kappa shape index (κ3) is 5.01. The summed E-state index contributed by atoms with van der Waals surface area (Å²) in [5.41, 5.74) is 0.611. The highest BCUT2D eigenvalue weighted by Gasteiger charge is 2.25. The second kappa shape index (κ2) is 7.26. The molecule has 0 bridgehead atoms. The van der Waals surface area contributed by atoms with Gasteiger partial charge in [0.1, 0.15) is 6.10 Å². The van der Waals surface area contributed by atoms with E-state index in [0.717, 1.165) is 32.4 Å². The van der Waals surface area contributed by atoms with Crippen LogP contribution in [0.5, 0.6) is 0 Å². The van der Waals surface area contributed by atoms with Gasteiger partial charge in [0.15, 0.2) is 0 Å². The van der Waals surface area contributed by atoms with Gasteiger partial charge in [0, 0.05) is 0 Å². The summed E-state index contributed by atoms with van der Waals surface area (Å²) in [6, 6.07) is 9.14. The molecule has 1 aliphatic rings. The quantitative estimate of drug-likeness (QED) is 0.576. The van der Waals surface area contributed by atoms with Crippen molar-refractivity contribution in [3.8, 4) is 0 Å². The Morgan fingerprint density at radius 3 is 2.79 bits per heavy atom. The third-order valence-corrected chi connectivity index (χ3v) is 3.21. The standard InChI is InChI=1S/C15H21NO3/c1-16-10-9-13(7-8-14-11-18-14)19-15(17)12-5-3-2-4-6-12/h2-6,13-14,16H,7-11H2,1H3. The first-order valence-electron chi connectivity index (χ1n) is 6.82. The van der Waals surface area contributed by atoms with Gasteiger partial charge < -0.3 is 14.8 Å². The van der Waals surface area contributed by atoms with Crippen LogP contribution in [0, 0.1) is 0 Å². The van der Waals surface area contributed by atoms with E-state index in [0.29, 0.717) is 11.7 Å². The smallest absolute Gasteiger partial charge is 0.338 e. The van der Waals surface area contributed by atoms with Crippen LogP contribution in [0.2, 0.25) is 0 Å². The van der Waals surface area contributed by atoms with Crippen molar-refractivity contribution >= 4 is 5.97 Å². The van der Waals surface area contributed by atoms with Gasteiger partial charge >= 0.3 is 5.97 Å². The van der Waals surface area contributed by atoms with E-state index >= 15 is 0 Å². The third-order valence-electron chi connectivity index (χ3n) is 3.21. The van der Waals surface area contributed by atoms with Crippen LogP contribution in [-0.4, -0.2) is 38.4 Å². The van der Waals surface area contributed by atoms with E-state index in [1.54, 1.807) is 12.1 Å². The fraction of sp³-hybridized carbons (Fsp3) is 0.533. The Morgan fingerprint density at radius 1 is 1.42 bits per heavy atom. The molecule has 2 unspecified atom stereocenters. The van der Waals surface area contributed by atoms with Crippen molar-refractivity contribution < 1.29 is 14.3 Å². The fourth-order valence-electron chi connectivity index (χ4n) is 1.97. The van der Waals surface area contributed by atoms with Gasteiger partial charge in [-0.3, -0.25) is 0 Å². The van der Waals surface area contributed by atoms with Gasteiger partial charge in [-0.15, -0.1) is 0 Å². The highest BCUT2D eigenvalue weighted by Crippen LogP contribution is 2.19. The van der Waals surface area contributed by atoms with Crippen molar-refractivity contribution in [3.63, 3.8) is 0 Å². The molecule has 0 radical (unpaired) electrons. The average molecular weight is 263 g/mol. The van der Waals surface area contributed by atoms with Crippen molar-refractivity contribution in [2.24, 2.45) is 0 Å². The zero-order chi connectivity index (χ0) is 13.5. The molecule has 19 heavy (non-hydrogen) atoms. The molecule has 1 aliphatic heterocycles. The minimum atomic E-state index is -0.238. The summed E-state index contributed by atoms with van der Waals surface area (Å²) >= 11 is 0. The summed E-state index contributed by atoms with van der Waals surface area (Å²) in [5.74, 6) is -0.238. The molecule has 1 saturated heterocycles. The minimum Gasteiger partial charge on any atom is -0.459 e. The number of ether oxygens (including phenoxy) is 2. The first-order valence-corrected chi connectivity index (χ1v) is 6.82. The van der Waals surface area contributed by atoms with Crippen LogP contribution in [0.15, 0.2) is 30.3 Å². The van der Waals surface area contributed by atoms with Crippen LogP contribution in [0.4, 0.5) is 0 Å². The first kappa shape index (κ1) is 14.0. The number of nitrogens with one attached hydrogen (secondary N) is 1. The molecule has 1 aromatic rings. The molecule has 1 aromatic carbocycles. The molecule has 0 aromatic heterocycles. The molecule has 2 rings (SSSR count). The maximum absolute atomic E-state index is 12.0. The van der Waals surface area contributed by atoms with Crippen molar-refractivity contribution in [2.75, 3.05) is 20.2 Å². The lowest BCUT2D eigenvalue weighted by Crippen LogP contribution is -2.23. The monoisotopic (exact) mass is 263 g/mol. The Labute approximate surface area is 114 Å². The number of benzene rings is 1. The number of hydrogen-bond donors (Lipinski definition) is 1. The van der Waals surface area contributed by atoms with Gasteiger partial charge in [-0.05, 0) is 45.0 Å². The summed E-state index contributed by atoms with van der Waals surface area (Å²) < 4.78 is 10.8. The second-order valence-electron chi connectivity index (χ2n) is 4.82. The molecule has 0 spiro atoms. The maximum atomic E-state index is 12.0. The van der Waals surface area contributed by atoms with Crippen LogP contribution < -0.4 is 5.32 Å². The molecule has 1 N–H and O–H groups in total. The van der Waals surface area contributed by atoms with E-state index in [1.165, 1.54) is 0 Å². The second-order valence-corrected chi connectivity index (χ2v) is 4.82. The minimum absolute atomic E-state index is 0.0376. The molecule has 0 saturated carbocycles. The SMILES string of the molecule is CNCCC(CCC1CO1)OC(=O)c1ccccc1. The lowest BCUT2D eigenvalue weighted by atomic mass is 10.1. The Kier molecular flexibility index (Phi) is 5.36. The number of epoxide rings is 1. The normalized spacial score (nSPS) is 18.9. The molecule has 104 valence electrons. The summed E-state index contributed by atoms with van der Waals surface area (Å²) in [5, 5.41) is 3.09. The zero-order valence-corrected chi connectivity index (χ0v) is 11.3. The number of esters is 1. The summed E-state index contributed by atoms with van der Waals surface area (Å²) in [6.07, 6.45) is 3.01. The fourth-order valence-corrected chi connectivity index (χ4v) is 1.97. The van der Waals surface area contributed by atoms with Crippen LogP contribution in [0.25, 0.3) is 0 Å². The molecule has 4 heteroatoms. The lowest BCUT2D eigenvalue weighted by Gasteiger charge is -2.17. The van der Waals surface area contributed by atoms with Crippen molar-refractivity contribution in [2.45, 2.75) is 31.5 Å². The average Bonchev–Trinajstić information content (AvgIpc) is 3.27. The predicted octanol–water partition coefficient (Wildman–Crippen LogP) is 2.00. The van der Waals surface area contributed by atoms with Gasteiger partial charge in [-0.25, -0.2) is 4.79 Å². The lowest BCUT2D eigenvalue weighted by molar-refractivity contribution is 0.0254. The number of carbonyl (C=O) groups excluding carboxylic acids is 1. The van der Waals surface area contributed by atoms with Crippen molar-refractivity contribution in [1.29, 1.82) is 0 Å². The van der Waals surface area contributed by atoms with Crippen molar-refractivity contribution in [1.82, 2.24) is 5.32 Å². The summed E-state index contributed by atoms with van der Waals surface area (Å²) in [4.78, 5) is 12.0. The predicted molar refractivity (Wildman–Crippen MR) is 73.2 cm³/mol. The molecular weight excluding hydrogens is 242 g/mol. The van der Waals surface area contributed by atoms with Gasteiger partial charge in [0.25, 0.3) is 0 Å². The summed E-state index contributed by atoms with van der Waals surface area (Å²) in [7, 11) is 1.90. The van der Waals surface area contributed by atoms with Crippen LogP contribution >= 0.6 is 0 Å². The molecule has 0 amide bonds. The molecule has 0 aliphatic carbocycles. The number of carbonyl (C=O) groups is 1. The number of rotatable bonds is 8. The Morgan fingerprint density at radius 2 is 2.16 bits per heavy atom. The van der Waals surface area contributed by atoms with E-state index in [1.807, 2.05) is 25.2 Å². The van der Waals surface area contributed by atoms with E-state index in [4.69, 9.17) is 9.47 Å². The van der Waals surface area contributed by atoms with Gasteiger partial charge in [0.2, 0.25) is 0 Å². The molecule has 1 fully saturated rings. The summed E-state index contributed by atoms with van der Waals surface area (Å²) in [6.45, 7) is 1.70. The van der Waals surface area contributed by atoms with Gasteiger partial charge in [0.05, 0.1) is 18.3 Å². The molecule has 2 atom stereocenters. The Bertz CT molecular complexity index is 390. The molecule has 4 nitrogen and oxygen atoms in total. The topological polar surface area (TPSA) is 50.9 Å².